The Morgan fingerprint density at radius 3 is 1.94 bits per heavy atom. The van der Waals surface area contributed by atoms with Crippen molar-refractivity contribution in [2.24, 2.45) is 5.73 Å². The molecule has 3 atom stereocenters. The number of carboxylic acid groups (broad SMARTS) is 1. The molecule has 8 N–H and O–H groups in total. The Kier molecular flexibility index (Phi) is 9.02. The molecule has 2 heterocycles. The second-order valence-corrected chi connectivity index (χ2v) is 6.95. The summed E-state index contributed by atoms with van der Waals surface area (Å²) in [6.45, 7) is -0.612. The van der Waals surface area contributed by atoms with Gasteiger partial charge >= 0.3 is 5.97 Å². The van der Waals surface area contributed by atoms with E-state index in [0.717, 1.165) is 0 Å². The van der Waals surface area contributed by atoms with Gasteiger partial charge in [0.15, 0.2) is 0 Å². The zero-order chi connectivity index (χ0) is 22.8. The van der Waals surface area contributed by atoms with Crippen molar-refractivity contribution in [3.63, 3.8) is 0 Å². The Bertz CT molecular complexity index is 873. The summed E-state index contributed by atoms with van der Waals surface area (Å²) in [5, 5.41) is 16.1. The average molecular weight is 452 g/mol. The minimum atomic E-state index is -1.23. The molecule has 0 saturated carbocycles. The van der Waals surface area contributed by atoms with Crippen LogP contribution in [0.3, 0.4) is 0 Å². The maximum Gasteiger partial charge on any atom is 0.322 e. The van der Waals surface area contributed by atoms with Gasteiger partial charge in [-0.05, 0) is 0 Å². The summed E-state index contributed by atoms with van der Waals surface area (Å²) < 4.78 is 0. The first-order valence-electron chi connectivity index (χ1n) is 9.21. The number of thiol groups is 1. The molecule has 14 heteroatoms. The van der Waals surface area contributed by atoms with Gasteiger partial charge < -0.3 is 36.8 Å². The Morgan fingerprint density at radius 1 is 0.968 bits per heavy atom. The van der Waals surface area contributed by atoms with Gasteiger partial charge in [-0.15, -0.1) is 0 Å². The van der Waals surface area contributed by atoms with E-state index >= 15 is 0 Å². The van der Waals surface area contributed by atoms with Gasteiger partial charge in [0.1, 0.15) is 18.6 Å². The quantitative estimate of drug-likeness (QED) is 0.159. The lowest BCUT2D eigenvalue weighted by Crippen LogP contribution is -2.57. The van der Waals surface area contributed by atoms with Crippen LogP contribution in [0.1, 0.15) is 11.4 Å². The molecule has 3 unspecified atom stereocenters. The molecule has 0 aromatic carbocycles. The first kappa shape index (κ1) is 23.9. The van der Waals surface area contributed by atoms with E-state index in [1.54, 1.807) is 0 Å². The predicted molar refractivity (Wildman–Crippen MR) is 111 cm³/mol. The zero-order valence-electron chi connectivity index (χ0n) is 16.4. The number of aromatic nitrogens is 4. The van der Waals surface area contributed by atoms with E-state index in [4.69, 9.17) is 10.8 Å². The number of amides is 3. The maximum atomic E-state index is 13.0. The van der Waals surface area contributed by atoms with Gasteiger partial charge in [0.2, 0.25) is 17.7 Å². The van der Waals surface area contributed by atoms with Crippen molar-refractivity contribution < 1.29 is 24.3 Å². The molecule has 31 heavy (non-hydrogen) atoms. The number of nitrogens with zero attached hydrogens (tertiary/aromatic N) is 2. The van der Waals surface area contributed by atoms with Gasteiger partial charge in [-0.25, -0.2) is 9.97 Å². The highest BCUT2D eigenvalue weighted by Crippen LogP contribution is 2.04. The molecule has 0 fully saturated rings. The monoisotopic (exact) mass is 452 g/mol. The normalized spacial score (nSPS) is 13.6. The second-order valence-electron chi connectivity index (χ2n) is 6.58. The van der Waals surface area contributed by atoms with Crippen molar-refractivity contribution in [3.05, 3.63) is 36.4 Å². The summed E-state index contributed by atoms with van der Waals surface area (Å²) >= 11 is 3.98. The molecule has 13 nitrogen and oxygen atoms in total. The van der Waals surface area contributed by atoms with Crippen molar-refractivity contribution in [3.8, 4) is 0 Å². The number of hydrogen-bond acceptors (Lipinski definition) is 8. The topological polar surface area (TPSA) is 208 Å². The van der Waals surface area contributed by atoms with Crippen LogP contribution in [0.4, 0.5) is 0 Å². The lowest BCUT2D eigenvalue weighted by Gasteiger charge is -2.23. The molecule has 0 aliphatic carbocycles. The van der Waals surface area contributed by atoms with Gasteiger partial charge in [0.05, 0.1) is 18.7 Å². The lowest BCUT2D eigenvalue weighted by atomic mass is 10.1. The maximum absolute atomic E-state index is 13.0. The molecule has 2 rings (SSSR count). The number of nitrogens with one attached hydrogen (secondary N) is 5. The number of imidazole rings is 2. The van der Waals surface area contributed by atoms with Crippen LogP contribution in [-0.2, 0) is 32.0 Å². The van der Waals surface area contributed by atoms with E-state index in [-0.39, 0.29) is 18.6 Å². The standard InChI is InChI=1S/C17H24N8O5S/c18-11(6-31)15(28)24-13(2-10-4-20-8-23-10)17(30)25-12(1-9-3-19-7-22-9)16(29)21-5-14(26)27/h3-4,7-8,11-13,31H,1-2,5-6,18H2,(H,19,22)(H,20,23)(H,21,29)(H,24,28)(H,25,30)(H,26,27). The highest BCUT2D eigenvalue weighted by Gasteiger charge is 2.29. The van der Waals surface area contributed by atoms with Gasteiger partial charge in [-0.3, -0.25) is 19.2 Å². The largest absolute Gasteiger partial charge is 0.480 e. The number of aromatic amines is 2. The number of carbonyl (C=O) groups is 4. The van der Waals surface area contributed by atoms with Crippen LogP contribution in [0.15, 0.2) is 25.0 Å². The summed E-state index contributed by atoms with van der Waals surface area (Å²) in [5.74, 6) is -3.11. The summed E-state index contributed by atoms with van der Waals surface area (Å²) in [4.78, 5) is 61.8. The Labute approximate surface area is 182 Å². The summed E-state index contributed by atoms with van der Waals surface area (Å²) in [7, 11) is 0. The average Bonchev–Trinajstić information content (AvgIpc) is 3.44. The Hall–Kier alpha value is -3.39. The van der Waals surface area contributed by atoms with Crippen molar-refractivity contribution >= 4 is 36.3 Å². The van der Waals surface area contributed by atoms with E-state index in [9.17, 15) is 19.2 Å². The fourth-order valence-corrected chi connectivity index (χ4v) is 2.74. The number of carboxylic acids is 1. The first-order chi connectivity index (χ1) is 14.8. The summed E-state index contributed by atoms with van der Waals surface area (Å²) in [6, 6.07) is -3.12. The molecule has 3 amide bonds. The minimum absolute atomic E-state index is 0.0259. The summed E-state index contributed by atoms with van der Waals surface area (Å²) in [6.07, 6.45) is 5.88. The number of carbonyl (C=O) groups excluding carboxylic acids is 3. The SMILES string of the molecule is NC(CS)C(=O)NC(Cc1cnc[nH]1)C(=O)NC(Cc1cnc[nH]1)C(=O)NCC(=O)O. The fourth-order valence-electron chi connectivity index (χ4n) is 2.57. The number of rotatable bonds is 12. The van der Waals surface area contributed by atoms with E-state index in [2.05, 4.69) is 48.5 Å². The van der Waals surface area contributed by atoms with Crippen LogP contribution in [0.5, 0.6) is 0 Å². The zero-order valence-corrected chi connectivity index (χ0v) is 17.3. The molecular weight excluding hydrogens is 428 g/mol. The second kappa shape index (κ2) is 11.7. The van der Waals surface area contributed by atoms with Crippen molar-refractivity contribution in [1.29, 1.82) is 0 Å². The molecule has 2 aromatic rings. The van der Waals surface area contributed by atoms with Crippen molar-refractivity contribution in [2.75, 3.05) is 12.3 Å². The van der Waals surface area contributed by atoms with Gasteiger partial charge in [-0.2, -0.15) is 12.6 Å². The third kappa shape index (κ3) is 7.75. The van der Waals surface area contributed by atoms with Crippen LogP contribution in [0, 0.1) is 0 Å². The first-order valence-corrected chi connectivity index (χ1v) is 9.84. The predicted octanol–water partition coefficient (Wildman–Crippen LogP) is -2.65. The van der Waals surface area contributed by atoms with E-state index in [0.29, 0.717) is 11.4 Å². The molecule has 0 radical (unpaired) electrons. The van der Waals surface area contributed by atoms with Gasteiger partial charge in [-0.1, -0.05) is 0 Å². The third-order valence-corrected chi connectivity index (χ3v) is 4.56. The Morgan fingerprint density at radius 2 is 1.48 bits per heavy atom. The van der Waals surface area contributed by atoms with Crippen LogP contribution in [-0.4, -0.2) is 79.2 Å². The van der Waals surface area contributed by atoms with Gasteiger partial charge in [0.25, 0.3) is 0 Å². The molecule has 2 aromatic heterocycles. The molecular formula is C17H24N8O5S. The molecule has 168 valence electrons. The summed E-state index contributed by atoms with van der Waals surface area (Å²) in [5.41, 5.74) is 6.79. The molecule has 0 bridgehead atoms. The van der Waals surface area contributed by atoms with E-state index < -0.39 is 48.4 Å². The highest BCUT2D eigenvalue weighted by molar-refractivity contribution is 7.80. The van der Waals surface area contributed by atoms with Crippen LogP contribution in [0.2, 0.25) is 0 Å². The fraction of sp³-hybridized carbons (Fsp3) is 0.412. The van der Waals surface area contributed by atoms with Crippen LogP contribution < -0.4 is 21.7 Å². The van der Waals surface area contributed by atoms with Gasteiger partial charge in [0, 0.05) is 42.4 Å². The lowest BCUT2D eigenvalue weighted by molar-refractivity contribution is -0.138. The Balaban J connectivity index is 2.16. The van der Waals surface area contributed by atoms with Crippen molar-refractivity contribution in [2.45, 2.75) is 31.0 Å². The molecule has 0 aliphatic heterocycles. The van der Waals surface area contributed by atoms with Crippen molar-refractivity contribution in [1.82, 2.24) is 35.9 Å². The number of H-pyrrole nitrogens is 2. The third-order valence-electron chi connectivity index (χ3n) is 4.17. The number of aliphatic carboxylic acids is 1. The van der Waals surface area contributed by atoms with Crippen LogP contribution >= 0.6 is 12.6 Å². The van der Waals surface area contributed by atoms with E-state index in [1.165, 1.54) is 25.0 Å². The molecule has 0 aliphatic rings. The molecule has 0 saturated heterocycles. The number of hydrogen-bond donors (Lipinski definition) is 8. The molecule has 0 spiro atoms. The van der Waals surface area contributed by atoms with Crippen LogP contribution in [0.25, 0.3) is 0 Å². The highest BCUT2D eigenvalue weighted by atomic mass is 32.1. The number of nitrogens with two attached hydrogens (primary N) is 1. The smallest absolute Gasteiger partial charge is 0.322 e. The minimum Gasteiger partial charge on any atom is -0.480 e. The van der Waals surface area contributed by atoms with E-state index in [1.807, 2.05) is 0 Å².